The van der Waals surface area contributed by atoms with Crippen LogP contribution in [0.1, 0.15) is 17.5 Å². The van der Waals surface area contributed by atoms with Gasteiger partial charge in [0, 0.05) is 22.8 Å². The van der Waals surface area contributed by atoms with Crippen LogP contribution in [0.2, 0.25) is 0 Å². The normalized spacial score (nSPS) is 11.0. The van der Waals surface area contributed by atoms with Gasteiger partial charge in [-0.15, -0.1) is 11.3 Å². The van der Waals surface area contributed by atoms with Crippen LogP contribution >= 0.6 is 11.3 Å². The molecular weight excluding hydrogens is 370 g/mol. The lowest BCUT2D eigenvalue weighted by molar-refractivity contribution is 0.355. The molecule has 0 bridgehead atoms. The molecule has 0 radical (unpaired) electrons. The van der Waals surface area contributed by atoms with Gasteiger partial charge in [-0.3, -0.25) is 0 Å². The van der Waals surface area contributed by atoms with Crippen LogP contribution in [0.25, 0.3) is 16.8 Å². The highest BCUT2D eigenvalue weighted by molar-refractivity contribution is 7.11. The molecule has 0 atom stereocenters. The standard InChI is InChI=1S/C22H21N3O2S/c1-4-15-7-5-6-8-18(15)24-13-17(12-23)22-25-19(14-28-22)16-9-10-20(26-2)21(11-16)27-3/h5-11,13-14,24H,4H2,1-3H3. The van der Waals surface area contributed by atoms with E-state index >= 15 is 0 Å². The number of thiazole rings is 1. The maximum atomic E-state index is 9.59. The van der Waals surface area contributed by atoms with Crippen molar-refractivity contribution in [3.05, 3.63) is 64.6 Å². The van der Waals surface area contributed by atoms with Crippen molar-refractivity contribution in [2.45, 2.75) is 13.3 Å². The topological polar surface area (TPSA) is 67.2 Å². The Morgan fingerprint density at radius 2 is 1.96 bits per heavy atom. The average Bonchev–Trinajstić information content (AvgIpc) is 3.24. The number of anilines is 1. The van der Waals surface area contributed by atoms with Crippen LogP contribution in [0.4, 0.5) is 5.69 Å². The number of nitrogens with one attached hydrogen (secondary N) is 1. The number of aromatic nitrogens is 1. The molecule has 0 saturated heterocycles. The van der Waals surface area contributed by atoms with Gasteiger partial charge in [0.1, 0.15) is 16.6 Å². The molecule has 3 rings (SSSR count). The minimum absolute atomic E-state index is 0.489. The van der Waals surface area contributed by atoms with Crippen molar-refractivity contribution in [3.63, 3.8) is 0 Å². The number of hydrogen-bond acceptors (Lipinski definition) is 6. The van der Waals surface area contributed by atoms with Crippen molar-refractivity contribution < 1.29 is 9.47 Å². The van der Waals surface area contributed by atoms with Gasteiger partial charge in [-0.05, 0) is 36.2 Å². The Hall–Kier alpha value is -3.30. The fraction of sp³-hybridized carbons (Fsp3) is 0.182. The molecule has 142 valence electrons. The summed E-state index contributed by atoms with van der Waals surface area (Å²) in [4.78, 5) is 4.63. The van der Waals surface area contributed by atoms with Gasteiger partial charge in [-0.25, -0.2) is 4.98 Å². The van der Waals surface area contributed by atoms with Crippen molar-refractivity contribution in [2.24, 2.45) is 0 Å². The molecule has 1 heterocycles. The number of ether oxygens (including phenoxy) is 2. The number of allylic oxidation sites excluding steroid dienone is 1. The van der Waals surface area contributed by atoms with Crippen molar-refractivity contribution in [1.29, 1.82) is 5.26 Å². The van der Waals surface area contributed by atoms with Crippen molar-refractivity contribution in [2.75, 3.05) is 19.5 Å². The molecule has 3 aromatic rings. The summed E-state index contributed by atoms with van der Waals surface area (Å²) in [6.45, 7) is 2.10. The third kappa shape index (κ3) is 4.16. The minimum Gasteiger partial charge on any atom is -0.493 e. The quantitative estimate of drug-likeness (QED) is 0.549. The highest BCUT2D eigenvalue weighted by Crippen LogP contribution is 2.33. The molecule has 0 saturated carbocycles. The summed E-state index contributed by atoms with van der Waals surface area (Å²) in [5, 5.41) is 15.4. The lowest BCUT2D eigenvalue weighted by atomic mass is 10.1. The Balaban J connectivity index is 1.86. The zero-order valence-corrected chi connectivity index (χ0v) is 16.8. The average molecular weight is 391 g/mol. The van der Waals surface area contributed by atoms with Crippen molar-refractivity contribution in [1.82, 2.24) is 4.98 Å². The van der Waals surface area contributed by atoms with Crippen molar-refractivity contribution in [3.8, 4) is 28.8 Å². The Labute approximate surface area is 168 Å². The van der Waals surface area contributed by atoms with Gasteiger partial charge < -0.3 is 14.8 Å². The first-order chi connectivity index (χ1) is 13.7. The zero-order valence-electron chi connectivity index (χ0n) is 16.0. The molecule has 0 fully saturated rings. The van der Waals surface area contributed by atoms with Gasteiger partial charge in [-0.2, -0.15) is 5.26 Å². The monoisotopic (exact) mass is 391 g/mol. The predicted octanol–water partition coefficient (Wildman–Crippen LogP) is 5.37. The zero-order chi connectivity index (χ0) is 19.9. The second kappa shape index (κ2) is 9.07. The van der Waals surface area contributed by atoms with E-state index in [-0.39, 0.29) is 0 Å². The van der Waals surface area contributed by atoms with Gasteiger partial charge in [-0.1, -0.05) is 25.1 Å². The second-order valence-electron chi connectivity index (χ2n) is 5.93. The van der Waals surface area contributed by atoms with E-state index in [4.69, 9.17) is 9.47 Å². The van der Waals surface area contributed by atoms with Crippen LogP contribution in [0.5, 0.6) is 11.5 Å². The third-order valence-electron chi connectivity index (χ3n) is 4.30. The first-order valence-corrected chi connectivity index (χ1v) is 9.71. The van der Waals surface area contributed by atoms with Crippen LogP contribution < -0.4 is 14.8 Å². The van der Waals surface area contributed by atoms with Crippen LogP contribution in [-0.4, -0.2) is 19.2 Å². The number of hydrogen-bond donors (Lipinski definition) is 1. The number of nitriles is 1. The third-order valence-corrected chi connectivity index (χ3v) is 5.18. The predicted molar refractivity (Wildman–Crippen MR) is 114 cm³/mol. The number of aryl methyl sites for hydroxylation is 1. The fourth-order valence-electron chi connectivity index (χ4n) is 2.79. The molecule has 28 heavy (non-hydrogen) atoms. The van der Waals surface area contributed by atoms with Crippen LogP contribution in [-0.2, 0) is 6.42 Å². The van der Waals surface area contributed by atoms with E-state index in [9.17, 15) is 5.26 Å². The Bertz CT molecular complexity index is 1030. The summed E-state index contributed by atoms with van der Waals surface area (Å²) in [5.41, 5.74) is 4.37. The van der Waals surface area contributed by atoms with E-state index in [2.05, 4.69) is 29.4 Å². The smallest absolute Gasteiger partial charge is 0.161 e. The van der Waals surface area contributed by atoms with Gasteiger partial charge in [0.25, 0.3) is 0 Å². The molecule has 1 N–H and O–H groups in total. The summed E-state index contributed by atoms with van der Waals surface area (Å²) < 4.78 is 10.6. The molecule has 1 aromatic heterocycles. The largest absolute Gasteiger partial charge is 0.493 e. The molecule has 0 amide bonds. The van der Waals surface area contributed by atoms with Gasteiger partial charge in [0.05, 0.1) is 19.9 Å². The highest BCUT2D eigenvalue weighted by atomic mass is 32.1. The first kappa shape index (κ1) is 19.5. The fourth-order valence-corrected chi connectivity index (χ4v) is 3.58. The van der Waals surface area contributed by atoms with E-state index in [0.29, 0.717) is 22.1 Å². The summed E-state index contributed by atoms with van der Waals surface area (Å²) in [5.74, 6) is 1.31. The number of para-hydroxylation sites is 1. The number of methoxy groups -OCH3 is 2. The summed E-state index contributed by atoms with van der Waals surface area (Å²) in [7, 11) is 3.20. The highest BCUT2D eigenvalue weighted by Gasteiger charge is 2.12. The van der Waals surface area contributed by atoms with E-state index in [1.807, 2.05) is 41.8 Å². The Morgan fingerprint density at radius 3 is 2.68 bits per heavy atom. The maximum Gasteiger partial charge on any atom is 0.161 e. The Kier molecular flexibility index (Phi) is 6.30. The summed E-state index contributed by atoms with van der Waals surface area (Å²) >= 11 is 1.43. The van der Waals surface area contributed by atoms with Gasteiger partial charge in [0.2, 0.25) is 0 Å². The molecule has 0 unspecified atom stereocenters. The van der Waals surface area contributed by atoms with Crippen LogP contribution in [0, 0.1) is 11.3 Å². The van der Waals surface area contributed by atoms with Crippen molar-refractivity contribution >= 4 is 22.6 Å². The molecule has 6 heteroatoms. The van der Waals surface area contributed by atoms with Gasteiger partial charge >= 0.3 is 0 Å². The van der Waals surface area contributed by atoms with E-state index in [1.165, 1.54) is 16.9 Å². The molecule has 0 aliphatic heterocycles. The number of nitrogens with zero attached hydrogens (tertiary/aromatic N) is 2. The van der Waals surface area contributed by atoms with Gasteiger partial charge in [0.15, 0.2) is 11.5 Å². The SMILES string of the molecule is CCc1ccccc1NC=C(C#N)c1nc(-c2ccc(OC)c(OC)c2)cs1. The lowest BCUT2D eigenvalue weighted by Gasteiger charge is -2.08. The van der Waals surface area contributed by atoms with E-state index in [0.717, 1.165) is 23.4 Å². The molecule has 0 aliphatic carbocycles. The Morgan fingerprint density at radius 1 is 1.18 bits per heavy atom. The molecule has 2 aromatic carbocycles. The summed E-state index contributed by atoms with van der Waals surface area (Å²) in [6, 6.07) is 15.9. The van der Waals surface area contributed by atoms with Crippen LogP contribution in [0.3, 0.4) is 0 Å². The second-order valence-corrected chi connectivity index (χ2v) is 6.79. The number of benzene rings is 2. The summed E-state index contributed by atoms with van der Waals surface area (Å²) in [6.07, 6.45) is 2.63. The lowest BCUT2D eigenvalue weighted by Crippen LogP contribution is -1.95. The van der Waals surface area contributed by atoms with E-state index in [1.54, 1.807) is 20.4 Å². The minimum atomic E-state index is 0.489. The number of rotatable bonds is 7. The maximum absolute atomic E-state index is 9.59. The van der Waals surface area contributed by atoms with E-state index < -0.39 is 0 Å². The molecule has 0 spiro atoms. The molecule has 0 aliphatic rings. The molecule has 5 nitrogen and oxygen atoms in total. The molecular formula is C22H21N3O2S. The first-order valence-electron chi connectivity index (χ1n) is 8.83. The van der Waals surface area contributed by atoms with Crippen LogP contribution in [0.15, 0.2) is 54.0 Å².